The highest BCUT2D eigenvalue weighted by molar-refractivity contribution is 7.85. The fraction of sp³-hybridized carbons (Fsp3) is 0.562. The number of rotatable bonds is 4. The molecule has 0 bridgehead atoms. The quantitative estimate of drug-likeness (QED) is 0.912. The molecule has 0 radical (unpaired) electrons. The summed E-state index contributed by atoms with van der Waals surface area (Å²) in [5.74, 6) is 1.14. The van der Waals surface area contributed by atoms with Crippen molar-refractivity contribution in [1.82, 2.24) is 10.2 Å². The maximum absolute atomic E-state index is 13.8. The van der Waals surface area contributed by atoms with Crippen LogP contribution in [0.15, 0.2) is 18.2 Å². The van der Waals surface area contributed by atoms with Gasteiger partial charge in [0.1, 0.15) is 0 Å². The Kier molecular flexibility index (Phi) is 6.38. The summed E-state index contributed by atoms with van der Waals surface area (Å²) >= 11 is 0. The molecule has 1 fully saturated rings. The topological polar surface area (TPSA) is 58.6 Å². The summed E-state index contributed by atoms with van der Waals surface area (Å²) in [6.07, 6.45) is 0. The summed E-state index contributed by atoms with van der Waals surface area (Å²) < 4.78 is 30.6. The van der Waals surface area contributed by atoms with Crippen LogP contribution in [0.25, 0.3) is 0 Å². The van der Waals surface area contributed by atoms with Gasteiger partial charge in [-0.15, -0.1) is 0 Å². The lowest BCUT2D eigenvalue weighted by molar-refractivity contribution is 0.195. The van der Waals surface area contributed by atoms with Gasteiger partial charge in [-0.1, -0.05) is 13.0 Å². The van der Waals surface area contributed by atoms with E-state index in [0.717, 1.165) is 0 Å². The number of benzene rings is 1. The highest BCUT2D eigenvalue weighted by Gasteiger charge is 2.22. The number of nitrogens with zero attached hydrogens (tertiary/aromatic N) is 1. The normalized spacial score (nSPS) is 21.6. The van der Waals surface area contributed by atoms with Crippen LogP contribution in [-0.4, -0.2) is 46.3 Å². The summed E-state index contributed by atoms with van der Waals surface area (Å²) in [5, 5.41) is 2.79. The van der Waals surface area contributed by atoms with E-state index in [1.165, 1.54) is 6.07 Å². The third kappa shape index (κ3) is 5.20. The van der Waals surface area contributed by atoms with Crippen molar-refractivity contribution in [2.75, 3.05) is 31.2 Å². The second-order valence-corrected chi connectivity index (χ2v) is 7.34. The van der Waals surface area contributed by atoms with Crippen LogP contribution in [-0.2, 0) is 17.3 Å². The number of amides is 2. The van der Waals surface area contributed by atoms with Gasteiger partial charge in [0.2, 0.25) is 0 Å². The predicted octanol–water partition coefficient (Wildman–Crippen LogP) is 2.13. The van der Waals surface area contributed by atoms with Crippen LogP contribution in [0.1, 0.15) is 19.4 Å². The molecule has 1 heterocycles. The lowest BCUT2D eigenvalue weighted by atomic mass is 10.2. The molecule has 2 rings (SSSR count). The summed E-state index contributed by atoms with van der Waals surface area (Å²) in [6.45, 7) is 5.52. The third-order valence-corrected chi connectivity index (χ3v) is 5.20. The number of hydrogen-bond donors (Lipinski definition) is 1. The summed E-state index contributed by atoms with van der Waals surface area (Å²) in [6, 6.07) is 4.46. The smallest absolute Gasteiger partial charge is 0.317 e. The van der Waals surface area contributed by atoms with E-state index >= 15 is 0 Å². The van der Waals surface area contributed by atoms with Crippen LogP contribution in [0, 0.1) is 11.7 Å². The summed E-state index contributed by atoms with van der Waals surface area (Å²) in [5.41, 5.74) is 0.672. The van der Waals surface area contributed by atoms with Crippen molar-refractivity contribution in [3.8, 4) is 5.75 Å². The van der Waals surface area contributed by atoms with E-state index < -0.39 is 16.6 Å². The zero-order valence-electron chi connectivity index (χ0n) is 13.5. The van der Waals surface area contributed by atoms with Gasteiger partial charge in [0.05, 0.1) is 6.61 Å². The van der Waals surface area contributed by atoms with Gasteiger partial charge < -0.3 is 15.0 Å². The minimum atomic E-state index is -0.858. The Morgan fingerprint density at radius 3 is 3.00 bits per heavy atom. The predicted molar refractivity (Wildman–Crippen MR) is 88.4 cm³/mol. The van der Waals surface area contributed by atoms with Crippen molar-refractivity contribution in [3.05, 3.63) is 29.6 Å². The molecule has 0 aromatic heterocycles. The van der Waals surface area contributed by atoms with Crippen LogP contribution in [0.3, 0.4) is 0 Å². The third-order valence-electron chi connectivity index (χ3n) is 3.62. The minimum Gasteiger partial charge on any atom is -0.491 e. The fourth-order valence-corrected chi connectivity index (χ4v) is 3.86. The molecule has 0 spiro atoms. The van der Waals surface area contributed by atoms with Crippen LogP contribution < -0.4 is 10.1 Å². The van der Waals surface area contributed by atoms with Crippen LogP contribution in [0.4, 0.5) is 9.18 Å². The van der Waals surface area contributed by atoms with E-state index in [4.69, 9.17) is 4.74 Å². The minimum absolute atomic E-state index is 0.204. The van der Waals surface area contributed by atoms with Crippen molar-refractivity contribution in [3.63, 3.8) is 0 Å². The molecule has 1 aromatic rings. The number of carbonyl (C=O) groups excluding carboxylic acids is 1. The number of ether oxygens (including phenoxy) is 1. The molecule has 0 unspecified atom stereocenters. The van der Waals surface area contributed by atoms with E-state index in [2.05, 4.69) is 5.32 Å². The van der Waals surface area contributed by atoms with Gasteiger partial charge >= 0.3 is 6.03 Å². The first-order valence-electron chi connectivity index (χ1n) is 7.78. The lowest BCUT2D eigenvalue weighted by Crippen LogP contribution is -2.42. The summed E-state index contributed by atoms with van der Waals surface area (Å²) in [4.78, 5) is 13.9. The SMILES string of the molecule is CCOc1ccc(CNC(=O)N2CC[S@](=O)C[C@H](C)C2)cc1F. The first-order chi connectivity index (χ1) is 11.0. The molecule has 2 amide bonds. The Morgan fingerprint density at radius 1 is 1.52 bits per heavy atom. The molecule has 1 aromatic carbocycles. The van der Waals surface area contributed by atoms with Gasteiger partial charge in [-0.2, -0.15) is 0 Å². The molecule has 1 saturated heterocycles. The molecule has 1 aliphatic heterocycles. The number of urea groups is 1. The Labute approximate surface area is 138 Å². The van der Waals surface area contributed by atoms with E-state index in [-0.39, 0.29) is 24.2 Å². The maximum Gasteiger partial charge on any atom is 0.317 e. The maximum atomic E-state index is 13.8. The average molecular weight is 342 g/mol. The molecule has 23 heavy (non-hydrogen) atoms. The molecule has 7 heteroatoms. The highest BCUT2D eigenvalue weighted by Crippen LogP contribution is 2.18. The van der Waals surface area contributed by atoms with Crippen molar-refractivity contribution < 1.29 is 18.1 Å². The molecule has 1 N–H and O–H groups in total. The zero-order valence-corrected chi connectivity index (χ0v) is 14.3. The number of nitrogens with one attached hydrogen (secondary N) is 1. The standard InChI is InChI=1S/C16H23FN2O3S/c1-3-22-15-5-4-13(8-14(15)17)9-18-16(20)19-6-7-23(21)11-12(2)10-19/h4-5,8,12H,3,6-7,9-11H2,1-2H3,(H,18,20)/t12-,23+/m1/s1. The second kappa shape index (κ2) is 8.29. The molecule has 0 saturated carbocycles. The van der Waals surface area contributed by atoms with Crippen molar-refractivity contribution in [2.24, 2.45) is 5.92 Å². The highest BCUT2D eigenvalue weighted by atomic mass is 32.2. The molecule has 1 aliphatic rings. The average Bonchev–Trinajstić information content (AvgIpc) is 2.68. The molecular formula is C16H23FN2O3S. The first kappa shape index (κ1) is 17.7. The van der Waals surface area contributed by atoms with E-state index in [1.54, 1.807) is 24.0 Å². The number of carbonyl (C=O) groups is 1. The molecule has 5 nitrogen and oxygen atoms in total. The number of hydrogen-bond acceptors (Lipinski definition) is 3. The van der Waals surface area contributed by atoms with Crippen molar-refractivity contribution in [1.29, 1.82) is 0 Å². The van der Waals surface area contributed by atoms with Gasteiger partial charge in [0.25, 0.3) is 0 Å². The Morgan fingerprint density at radius 2 is 2.30 bits per heavy atom. The Balaban J connectivity index is 1.91. The van der Waals surface area contributed by atoms with Gasteiger partial charge in [-0.05, 0) is 30.5 Å². The van der Waals surface area contributed by atoms with Crippen molar-refractivity contribution >= 4 is 16.8 Å². The van der Waals surface area contributed by atoms with Crippen LogP contribution in [0.2, 0.25) is 0 Å². The van der Waals surface area contributed by atoms with Gasteiger partial charge in [-0.3, -0.25) is 4.21 Å². The van der Waals surface area contributed by atoms with E-state index in [9.17, 15) is 13.4 Å². The van der Waals surface area contributed by atoms with E-state index in [1.807, 2.05) is 6.92 Å². The molecular weight excluding hydrogens is 319 g/mol. The van der Waals surface area contributed by atoms with Crippen LogP contribution >= 0.6 is 0 Å². The van der Waals surface area contributed by atoms with Crippen LogP contribution in [0.5, 0.6) is 5.75 Å². The molecule has 0 aliphatic carbocycles. The van der Waals surface area contributed by atoms with E-state index in [0.29, 0.717) is 36.8 Å². The van der Waals surface area contributed by atoms with Crippen molar-refractivity contribution in [2.45, 2.75) is 20.4 Å². The second-order valence-electron chi connectivity index (χ2n) is 5.72. The van der Waals surface area contributed by atoms with Gasteiger partial charge in [0.15, 0.2) is 11.6 Å². The van der Waals surface area contributed by atoms with Gasteiger partial charge in [-0.25, -0.2) is 9.18 Å². The first-order valence-corrected chi connectivity index (χ1v) is 9.27. The van der Waals surface area contributed by atoms with Gasteiger partial charge in [0, 0.05) is 41.9 Å². The number of halogens is 1. The Bertz CT molecular complexity index is 582. The fourth-order valence-electron chi connectivity index (χ4n) is 2.53. The summed E-state index contributed by atoms with van der Waals surface area (Å²) in [7, 11) is -0.858. The molecule has 2 atom stereocenters. The largest absolute Gasteiger partial charge is 0.491 e. The molecule has 128 valence electrons. The Hall–Kier alpha value is -1.63. The monoisotopic (exact) mass is 342 g/mol. The lowest BCUT2D eigenvalue weighted by Gasteiger charge is -2.22. The zero-order chi connectivity index (χ0) is 16.8.